The first-order valence-corrected chi connectivity index (χ1v) is 5.93. The van der Waals surface area contributed by atoms with E-state index in [2.05, 4.69) is 4.18 Å². The molecule has 88 valence electrons. The predicted molar refractivity (Wildman–Crippen MR) is 56.6 cm³/mol. The van der Waals surface area contributed by atoms with Crippen LogP contribution in [-0.4, -0.2) is 19.9 Å². The first-order chi connectivity index (χ1) is 7.38. The molecule has 1 aromatic rings. The zero-order valence-electron chi connectivity index (χ0n) is 8.84. The summed E-state index contributed by atoms with van der Waals surface area (Å²) in [6, 6.07) is 3.66. The highest BCUT2D eigenvalue weighted by atomic mass is 32.2. The number of nitrogens with zero attached hydrogens (tertiary/aromatic N) is 1. The topological polar surface area (TPSA) is 86.5 Å². The van der Waals surface area contributed by atoms with Gasteiger partial charge in [-0.2, -0.15) is 8.42 Å². The van der Waals surface area contributed by atoms with Gasteiger partial charge in [0.15, 0.2) is 0 Å². The number of nitro groups is 1. The van der Waals surface area contributed by atoms with Crippen molar-refractivity contribution in [2.45, 2.75) is 18.7 Å². The van der Waals surface area contributed by atoms with Crippen LogP contribution in [0.1, 0.15) is 12.5 Å². The highest BCUT2D eigenvalue weighted by molar-refractivity contribution is 7.86. The smallest absolute Gasteiger partial charge is 0.267 e. The summed E-state index contributed by atoms with van der Waals surface area (Å²) in [7, 11) is -3.89. The Morgan fingerprint density at radius 3 is 2.56 bits per heavy atom. The van der Waals surface area contributed by atoms with Gasteiger partial charge in [-0.05, 0) is 19.9 Å². The maximum absolute atomic E-state index is 11.5. The van der Waals surface area contributed by atoms with E-state index in [0.717, 1.165) is 6.07 Å². The molecule has 0 N–H and O–H groups in total. The quantitative estimate of drug-likeness (QED) is 0.457. The Morgan fingerprint density at radius 1 is 1.44 bits per heavy atom. The van der Waals surface area contributed by atoms with Crippen molar-refractivity contribution < 1.29 is 17.5 Å². The number of aryl methyl sites for hydroxylation is 1. The molecule has 16 heavy (non-hydrogen) atoms. The SMILES string of the molecule is CCOS(=O)(=O)c1ccc(C)c([N+](=O)[O-])c1. The van der Waals surface area contributed by atoms with Gasteiger partial charge in [0.2, 0.25) is 0 Å². The van der Waals surface area contributed by atoms with Crippen molar-refractivity contribution in [3.05, 3.63) is 33.9 Å². The van der Waals surface area contributed by atoms with Gasteiger partial charge in [0.1, 0.15) is 4.90 Å². The molecule has 0 unspecified atom stereocenters. The second-order valence-corrected chi connectivity index (χ2v) is 4.68. The highest BCUT2D eigenvalue weighted by Gasteiger charge is 2.19. The van der Waals surface area contributed by atoms with E-state index in [1.54, 1.807) is 0 Å². The Balaban J connectivity index is 3.28. The molecule has 0 atom stereocenters. The minimum atomic E-state index is -3.89. The normalized spacial score (nSPS) is 11.4. The molecule has 0 spiro atoms. The number of hydrogen-bond donors (Lipinski definition) is 0. The number of rotatable bonds is 4. The van der Waals surface area contributed by atoms with Gasteiger partial charge in [0.25, 0.3) is 15.8 Å². The number of benzene rings is 1. The lowest BCUT2D eigenvalue weighted by molar-refractivity contribution is -0.385. The summed E-state index contributed by atoms with van der Waals surface area (Å²) in [6.45, 7) is 3.05. The molecule has 0 saturated carbocycles. The lowest BCUT2D eigenvalue weighted by Crippen LogP contribution is -2.06. The Kier molecular flexibility index (Phi) is 3.61. The van der Waals surface area contributed by atoms with Crippen LogP contribution in [0.5, 0.6) is 0 Å². The molecule has 0 heterocycles. The van der Waals surface area contributed by atoms with Crippen molar-refractivity contribution >= 4 is 15.8 Å². The van der Waals surface area contributed by atoms with E-state index in [1.165, 1.54) is 26.0 Å². The molecule has 0 amide bonds. The zero-order chi connectivity index (χ0) is 12.3. The average molecular weight is 245 g/mol. The largest absolute Gasteiger partial charge is 0.297 e. The van der Waals surface area contributed by atoms with Gasteiger partial charge in [-0.1, -0.05) is 6.07 Å². The predicted octanol–water partition coefficient (Wildman–Crippen LogP) is 1.63. The van der Waals surface area contributed by atoms with Gasteiger partial charge in [-0.25, -0.2) is 0 Å². The Morgan fingerprint density at radius 2 is 2.06 bits per heavy atom. The van der Waals surface area contributed by atoms with E-state index in [1.807, 2.05) is 0 Å². The summed E-state index contributed by atoms with van der Waals surface area (Å²) in [5.41, 5.74) is 0.168. The second-order valence-electron chi connectivity index (χ2n) is 3.07. The van der Waals surface area contributed by atoms with Crippen LogP contribution >= 0.6 is 0 Å². The fraction of sp³-hybridized carbons (Fsp3) is 0.333. The van der Waals surface area contributed by atoms with Crippen LogP contribution < -0.4 is 0 Å². The van der Waals surface area contributed by atoms with Gasteiger partial charge in [-0.3, -0.25) is 14.3 Å². The Hall–Kier alpha value is -1.47. The van der Waals surface area contributed by atoms with E-state index in [0.29, 0.717) is 5.56 Å². The fourth-order valence-electron chi connectivity index (χ4n) is 1.16. The minimum Gasteiger partial charge on any atom is -0.267 e. The van der Waals surface area contributed by atoms with Crippen molar-refractivity contribution in [3.63, 3.8) is 0 Å². The summed E-state index contributed by atoms with van der Waals surface area (Å²) in [6.07, 6.45) is 0. The number of nitro benzene ring substituents is 1. The van der Waals surface area contributed by atoms with E-state index < -0.39 is 15.0 Å². The molecule has 0 saturated heterocycles. The van der Waals surface area contributed by atoms with E-state index in [-0.39, 0.29) is 17.2 Å². The zero-order valence-corrected chi connectivity index (χ0v) is 9.65. The minimum absolute atomic E-state index is 0.00991. The molecule has 0 aliphatic carbocycles. The van der Waals surface area contributed by atoms with E-state index >= 15 is 0 Å². The van der Waals surface area contributed by atoms with Crippen molar-refractivity contribution in [2.75, 3.05) is 6.61 Å². The standard InChI is InChI=1S/C9H11NO5S/c1-3-15-16(13,14)8-5-4-7(2)9(6-8)10(11)12/h4-6H,3H2,1-2H3. The molecule has 0 aromatic heterocycles. The Bertz CT molecular complexity index is 509. The molecule has 0 aliphatic heterocycles. The van der Waals surface area contributed by atoms with Crippen LogP contribution in [0, 0.1) is 17.0 Å². The third kappa shape index (κ3) is 2.56. The molecule has 7 heteroatoms. The lowest BCUT2D eigenvalue weighted by Gasteiger charge is -2.04. The third-order valence-corrected chi connectivity index (χ3v) is 3.32. The van der Waals surface area contributed by atoms with Crippen LogP contribution in [0.15, 0.2) is 23.1 Å². The summed E-state index contributed by atoms with van der Waals surface area (Å²) in [5, 5.41) is 10.6. The summed E-state index contributed by atoms with van der Waals surface area (Å²) < 4.78 is 27.5. The van der Waals surface area contributed by atoms with Gasteiger partial charge >= 0.3 is 0 Å². The van der Waals surface area contributed by atoms with Crippen molar-refractivity contribution in [2.24, 2.45) is 0 Å². The van der Waals surface area contributed by atoms with Crippen LogP contribution in [-0.2, 0) is 14.3 Å². The molecule has 0 aliphatic rings. The van der Waals surface area contributed by atoms with Gasteiger partial charge in [0, 0.05) is 11.6 Å². The molecule has 1 aromatic carbocycles. The first kappa shape index (κ1) is 12.6. The first-order valence-electron chi connectivity index (χ1n) is 4.53. The average Bonchev–Trinajstić information content (AvgIpc) is 2.17. The Labute approximate surface area is 93.1 Å². The third-order valence-electron chi connectivity index (χ3n) is 1.94. The van der Waals surface area contributed by atoms with Crippen LogP contribution in [0.3, 0.4) is 0 Å². The van der Waals surface area contributed by atoms with E-state index in [9.17, 15) is 18.5 Å². The van der Waals surface area contributed by atoms with Gasteiger partial charge in [0.05, 0.1) is 11.5 Å². The maximum atomic E-state index is 11.5. The molecule has 0 radical (unpaired) electrons. The van der Waals surface area contributed by atoms with Gasteiger partial charge in [-0.15, -0.1) is 0 Å². The van der Waals surface area contributed by atoms with Gasteiger partial charge < -0.3 is 0 Å². The molecule has 0 fully saturated rings. The molecule has 1 rings (SSSR count). The molecule has 0 bridgehead atoms. The highest BCUT2D eigenvalue weighted by Crippen LogP contribution is 2.23. The van der Waals surface area contributed by atoms with Crippen LogP contribution in [0.25, 0.3) is 0 Å². The summed E-state index contributed by atoms with van der Waals surface area (Å²) in [5.74, 6) is 0. The molecule has 6 nitrogen and oxygen atoms in total. The van der Waals surface area contributed by atoms with Crippen LogP contribution in [0.2, 0.25) is 0 Å². The number of hydrogen-bond acceptors (Lipinski definition) is 5. The molecular formula is C9H11NO5S. The van der Waals surface area contributed by atoms with Crippen molar-refractivity contribution in [1.29, 1.82) is 0 Å². The monoisotopic (exact) mass is 245 g/mol. The maximum Gasteiger partial charge on any atom is 0.297 e. The lowest BCUT2D eigenvalue weighted by atomic mass is 10.2. The van der Waals surface area contributed by atoms with E-state index in [4.69, 9.17) is 0 Å². The summed E-state index contributed by atoms with van der Waals surface area (Å²) >= 11 is 0. The van der Waals surface area contributed by atoms with Crippen molar-refractivity contribution in [3.8, 4) is 0 Å². The van der Waals surface area contributed by atoms with Crippen molar-refractivity contribution in [1.82, 2.24) is 0 Å². The molecular weight excluding hydrogens is 234 g/mol. The fourth-order valence-corrected chi connectivity index (χ4v) is 2.10. The van der Waals surface area contributed by atoms with Crippen LogP contribution in [0.4, 0.5) is 5.69 Å². The summed E-state index contributed by atoms with van der Waals surface area (Å²) in [4.78, 5) is 9.80. The second kappa shape index (κ2) is 4.58.